The molecule has 2 rings (SSSR count). The fraction of sp³-hybridized carbons (Fsp3) is 0.571. The van der Waals surface area contributed by atoms with E-state index in [4.69, 9.17) is 4.74 Å². The van der Waals surface area contributed by atoms with Crippen LogP contribution < -0.4 is 5.32 Å². The monoisotopic (exact) mass is 389 g/mol. The van der Waals surface area contributed by atoms with Gasteiger partial charge in [-0.25, -0.2) is 4.79 Å². The maximum Gasteiger partial charge on any atom is 0.409 e. The van der Waals surface area contributed by atoms with Crippen LogP contribution in [0, 0.1) is 13.8 Å². The minimum absolute atomic E-state index is 0.00186. The van der Waals surface area contributed by atoms with E-state index < -0.39 is 0 Å². The molecule has 1 N–H and O–H groups in total. The summed E-state index contributed by atoms with van der Waals surface area (Å²) >= 11 is 0. The molecule has 3 amide bonds. The van der Waals surface area contributed by atoms with Gasteiger partial charge < -0.3 is 19.9 Å². The molecule has 0 bridgehead atoms. The molecular weight excluding hydrogens is 358 g/mol. The van der Waals surface area contributed by atoms with Gasteiger partial charge in [0, 0.05) is 32.6 Å². The maximum atomic E-state index is 12.2. The Morgan fingerprint density at radius 2 is 1.71 bits per heavy atom. The van der Waals surface area contributed by atoms with Crippen molar-refractivity contribution in [1.29, 1.82) is 0 Å². The Balaban J connectivity index is 1.63. The van der Waals surface area contributed by atoms with Crippen LogP contribution in [0.2, 0.25) is 0 Å². The number of rotatable bonds is 7. The zero-order valence-corrected chi connectivity index (χ0v) is 17.1. The van der Waals surface area contributed by atoms with Crippen LogP contribution in [-0.2, 0) is 20.7 Å². The van der Waals surface area contributed by atoms with Crippen LogP contribution in [0.25, 0.3) is 0 Å². The number of aryl methyl sites for hydroxylation is 3. The van der Waals surface area contributed by atoms with Crippen LogP contribution in [0.1, 0.15) is 36.5 Å². The average Bonchev–Trinajstić information content (AvgIpc) is 2.69. The molecule has 1 aliphatic rings. The first-order valence-corrected chi connectivity index (χ1v) is 9.93. The van der Waals surface area contributed by atoms with Gasteiger partial charge in [0.2, 0.25) is 11.8 Å². The molecule has 0 aliphatic carbocycles. The van der Waals surface area contributed by atoms with Gasteiger partial charge in [0.1, 0.15) is 0 Å². The summed E-state index contributed by atoms with van der Waals surface area (Å²) in [6, 6.07) is 6.36. The van der Waals surface area contributed by atoms with E-state index in [9.17, 15) is 14.4 Å². The van der Waals surface area contributed by atoms with Crippen LogP contribution >= 0.6 is 0 Å². The second-order valence-corrected chi connectivity index (χ2v) is 7.12. The normalized spacial score (nSPS) is 14.0. The van der Waals surface area contributed by atoms with Crippen molar-refractivity contribution in [3.8, 4) is 0 Å². The van der Waals surface area contributed by atoms with Crippen molar-refractivity contribution in [2.45, 2.75) is 40.0 Å². The zero-order valence-electron chi connectivity index (χ0n) is 17.1. The molecule has 0 spiro atoms. The van der Waals surface area contributed by atoms with Gasteiger partial charge in [-0.3, -0.25) is 9.59 Å². The summed E-state index contributed by atoms with van der Waals surface area (Å²) < 4.78 is 4.96. The molecule has 0 atom stereocenters. The summed E-state index contributed by atoms with van der Waals surface area (Å²) in [7, 11) is 0. The quantitative estimate of drug-likeness (QED) is 0.774. The van der Waals surface area contributed by atoms with Gasteiger partial charge in [-0.15, -0.1) is 0 Å². The van der Waals surface area contributed by atoms with Crippen molar-refractivity contribution in [3.63, 3.8) is 0 Å². The van der Waals surface area contributed by atoms with Crippen LogP contribution in [0.3, 0.4) is 0 Å². The van der Waals surface area contributed by atoms with Crippen molar-refractivity contribution in [3.05, 3.63) is 34.9 Å². The highest BCUT2D eigenvalue weighted by Gasteiger charge is 2.24. The summed E-state index contributed by atoms with van der Waals surface area (Å²) in [5.41, 5.74) is 3.75. The van der Waals surface area contributed by atoms with Gasteiger partial charge >= 0.3 is 6.09 Å². The zero-order chi connectivity index (χ0) is 20.5. The minimum Gasteiger partial charge on any atom is -0.450 e. The molecular formula is C21H31N3O4. The van der Waals surface area contributed by atoms with Crippen LogP contribution in [0.4, 0.5) is 4.79 Å². The van der Waals surface area contributed by atoms with E-state index in [2.05, 4.69) is 37.4 Å². The van der Waals surface area contributed by atoms with Crippen molar-refractivity contribution < 1.29 is 19.1 Å². The van der Waals surface area contributed by atoms with Crippen LogP contribution in [0.5, 0.6) is 0 Å². The Morgan fingerprint density at radius 3 is 2.36 bits per heavy atom. The number of amides is 3. The fourth-order valence-corrected chi connectivity index (χ4v) is 3.14. The number of benzene rings is 1. The molecule has 0 aromatic heterocycles. The Kier molecular flexibility index (Phi) is 8.29. The van der Waals surface area contributed by atoms with Crippen molar-refractivity contribution in [2.24, 2.45) is 0 Å². The molecule has 7 nitrogen and oxygen atoms in total. The topological polar surface area (TPSA) is 79.0 Å². The molecule has 1 heterocycles. The Bertz CT molecular complexity index is 697. The number of ether oxygens (including phenoxy) is 1. The highest BCUT2D eigenvalue weighted by Crippen LogP contribution is 2.12. The minimum atomic E-state index is -0.341. The Labute approximate surface area is 167 Å². The van der Waals surface area contributed by atoms with E-state index >= 15 is 0 Å². The highest BCUT2D eigenvalue weighted by atomic mass is 16.6. The molecule has 0 unspecified atom stereocenters. The molecule has 7 heteroatoms. The molecule has 1 aliphatic heterocycles. The highest BCUT2D eigenvalue weighted by molar-refractivity contribution is 5.84. The third-order valence-corrected chi connectivity index (χ3v) is 5.04. The number of piperazine rings is 1. The number of hydrogen-bond acceptors (Lipinski definition) is 4. The van der Waals surface area contributed by atoms with Gasteiger partial charge in [-0.1, -0.05) is 18.2 Å². The standard InChI is InChI=1S/C21H31N3O4/c1-4-28-21(27)24-12-10-23(11-13-24)20(26)15-22-19(25)7-5-6-18-9-8-16(2)17(3)14-18/h8-9,14H,4-7,10-13,15H2,1-3H3,(H,22,25). The van der Waals surface area contributed by atoms with E-state index in [0.717, 1.165) is 12.8 Å². The third-order valence-electron chi connectivity index (χ3n) is 5.04. The third kappa shape index (κ3) is 6.55. The predicted molar refractivity (Wildman–Crippen MR) is 107 cm³/mol. The first kappa shape index (κ1) is 21.7. The average molecular weight is 389 g/mol. The van der Waals surface area contributed by atoms with Gasteiger partial charge in [-0.05, 0) is 50.3 Å². The lowest BCUT2D eigenvalue weighted by atomic mass is 10.0. The van der Waals surface area contributed by atoms with E-state index in [-0.39, 0.29) is 24.5 Å². The number of nitrogens with zero attached hydrogens (tertiary/aromatic N) is 2. The van der Waals surface area contributed by atoms with Gasteiger partial charge in [0.25, 0.3) is 0 Å². The van der Waals surface area contributed by atoms with Gasteiger partial charge in [-0.2, -0.15) is 0 Å². The number of carbonyl (C=O) groups is 3. The molecule has 0 radical (unpaired) electrons. The van der Waals surface area contributed by atoms with Crippen molar-refractivity contribution in [2.75, 3.05) is 39.3 Å². The number of nitrogens with one attached hydrogen (secondary N) is 1. The number of hydrogen-bond donors (Lipinski definition) is 1. The first-order chi connectivity index (χ1) is 13.4. The van der Waals surface area contributed by atoms with E-state index in [1.165, 1.54) is 16.7 Å². The lowest BCUT2D eigenvalue weighted by Gasteiger charge is -2.34. The number of carbonyl (C=O) groups excluding carboxylic acids is 3. The van der Waals surface area contributed by atoms with Gasteiger partial charge in [0.05, 0.1) is 13.2 Å². The predicted octanol–water partition coefficient (Wildman–Crippen LogP) is 2.04. The van der Waals surface area contributed by atoms with E-state index in [0.29, 0.717) is 39.2 Å². The largest absolute Gasteiger partial charge is 0.450 e. The molecule has 154 valence electrons. The summed E-state index contributed by atoms with van der Waals surface area (Å²) in [5.74, 6) is -0.228. The molecule has 1 aromatic rings. The Morgan fingerprint density at radius 1 is 1.04 bits per heavy atom. The second kappa shape index (κ2) is 10.7. The summed E-state index contributed by atoms with van der Waals surface area (Å²) in [4.78, 5) is 39.2. The van der Waals surface area contributed by atoms with Crippen LogP contribution in [0.15, 0.2) is 18.2 Å². The molecule has 1 aromatic carbocycles. The lowest BCUT2D eigenvalue weighted by Crippen LogP contribution is -2.52. The van der Waals surface area contributed by atoms with Crippen LogP contribution in [-0.4, -0.2) is 67.0 Å². The fourth-order valence-electron chi connectivity index (χ4n) is 3.14. The van der Waals surface area contributed by atoms with E-state index in [1.54, 1.807) is 16.7 Å². The van der Waals surface area contributed by atoms with E-state index in [1.807, 2.05) is 0 Å². The summed E-state index contributed by atoms with van der Waals surface area (Å²) in [5, 5.41) is 2.71. The SMILES string of the molecule is CCOC(=O)N1CCN(C(=O)CNC(=O)CCCc2ccc(C)c(C)c2)CC1. The second-order valence-electron chi connectivity index (χ2n) is 7.12. The summed E-state index contributed by atoms with van der Waals surface area (Å²) in [6.07, 6.45) is 1.65. The summed E-state index contributed by atoms with van der Waals surface area (Å²) in [6.45, 7) is 8.10. The molecule has 28 heavy (non-hydrogen) atoms. The molecule has 1 fully saturated rings. The Hall–Kier alpha value is -2.57. The molecule has 0 saturated carbocycles. The van der Waals surface area contributed by atoms with Crippen molar-refractivity contribution >= 4 is 17.9 Å². The molecule has 1 saturated heterocycles. The van der Waals surface area contributed by atoms with Gasteiger partial charge in [0.15, 0.2) is 0 Å². The first-order valence-electron chi connectivity index (χ1n) is 9.93. The smallest absolute Gasteiger partial charge is 0.409 e. The maximum absolute atomic E-state index is 12.2. The lowest BCUT2D eigenvalue weighted by molar-refractivity contribution is -0.134. The van der Waals surface area contributed by atoms with Crippen molar-refractivity contribution in [1.82, 2.24) is 15.1 Å².